The number of hydrogen-bond donors (Lipinski definition) is 1. The van der Waals surface area contributed by atoms with Crippen LogP contribution in [0.25, 0.3) is 0 Å². The molecule has 1 aliphatic carbocycles. The number of sulfonamides is 1. The number of nitrogens with zero attached hydrogens (tertiary/aromatic N) is 1. The maximum absolute atomic E-state index is 11.1. The lowest BCUT2D eigenvalue weighted by Crippen LogP contribution is -2.48. The van der Waals surface area contributed by atoms with Crippen molar-refractivity contribution in [1.29, 1.82) is 5.26 Å². The van der Waals surface area contributed by atoms with E-state index in [1.54, 1.807) is 6.07 Å². The van der Waals surface area contributed by atoms with Crippen molar-refractivity contribution in [2.45, 2.75) is 32.7 Å². The summed E-state index contributed by atoms with van der Waals surface area (Å²) in [6.45, 7) is 4.20. The molecule has 0 amide bonds. The lowest BCUT2D eigenvalue weighted by Gasteiger charge is -2.42. The van der Waals surface area contributed by atoms with Crippen LogP contribution in [0.3, 0.4) is 0 Å². The fraction of sp³-hybridized carbons (Fsp3) is 0.875. The van der Waals surface area contributed by atoms with Gasteiger partial charge in [-0.3, -0.25) is 0 Å². The molecule has 0 aromatic rings. The molecule has 5 heteroatoms. The van der Waals surface area contributed by atoms with Crippen molar-refractivity contribution in [2.24, 2.45) is 5.41 Å². The van der Waals surface area contributed by atoms with Gasteiger partial charge in [0, 0.05) is 6.04 Å². The fourth-order valence-electron chi connectivity index (χ4n) is 1.74. The first kappa shape index (κ1) is 10.5. The van der Waals surface area contributed by atoms with Gasteiger partial charge in [-0.1, -0.05) is 13.8 Å². The molecule has 0 aliphatic heterocycles. The van der Waals surface area contributed by atoms with Crippen LogP contribution in [-0.2, 0) is 10.0 Å². The lowest BCUT2D eigenvalue weighted by molar-refractivity contribution is 0.143. The second-order valence-electron chi connectivity index (χ2n) is 4.30. The molecule has 1 N–H and O–H groups in total. The smallest absolute Gasteiger partial charge is 0.211 e. The fourth-order valence-corrected chi connectivity index (χ4v) is 2.67. The van der Waals surface area contributed by atoms with Gasteiger partial charge in [-0.15, -0.1) is 0 Å². The average molecular weight is 202 g/mol. The molecule has 1 aliphatic rings. The summed E-state index contributed by atoms with van der Waals surface area (Å²) in [4.78, 5) is 0. The van der Waals surface area contributed by atoms with E-state index in [0.29, 0.717) is 0 Å². The predicted octanol–water partition coefficient (Wildman–Crippen LogP) is 0.618. The second kappa shape index (κ2) is 3.28. The molecule has 0 aromatic carbocycles. The molecule has 1 fully saturated rings. The molecule has 0 bridgehead atoms. The Balaban J connectivity index is 2.41. The molecule has 0 unspecified atom stereocenters. The molecule has 1 rings (SSSR count). The van der Waals surface area contributed by atoms with Gasteiger partial charge in [0.1, 0.15) is 0 Å². The van der Waals surface area contributed by atoms with Gasteiger partial charge in [0.05, 0.1) is 6.07 Å². The standard InChI is InChI=1S/C8H14N2O2S/c1-8(2)5-7(6-8)10-13(11,12)4-3-9/h7,10H,4-6H2,1-2H3. The molecule has 0 aromatic heterocycles. The topological polar surface area (TPSA) is 70.0 Å². The first-order valence-electron chi connectivity index (χ1n) is 4.22. The highest BCUT2D eigenvalue weighted by Gasteiger charge is 2.37. The van der Waals surface area contributed by atoms with Gasteiger partial charge in [-0.25, -0.2) is 13.1 Å². The minimum atomic E-state index is -3.35. The zero-order valence-corrected chi connectivity index (χ0v) is 8.69. The molecule has 0 atom stereocenters. The van der Waals surface area contributed by atoms with E-state index in [1.165, 1.54) is 0 Å². The summed E-state index contributed by atoms with van der Waals surface area (Å²) in [5.74, 6) is -0.441. The van der Waals surface area contributed by atoms with Crippen molar-refractivity contribution in [3.8, 4) is 6.07 Å². The summed E-state index contributed by atoms with van der Waals surface area (Å²) in [5.41, 5.74) is 0.250. The van der Waals surface area contributed by atoms with Gasteiger partial charge in [-0.05, 0) is 18.3 Å². The van der Waals surface area contributed by atoms with Crippen LogP contribution in [0.5, 0.6) is 0 Å². The van der Waals surface area contributed by atoms with E-state index in [4.69, 9.17) is 5.26 Å². The van der Waals surface area contributed by atoms with Crippen LogP contribution < -0.4 is 4.72 Å². The number of hydrogen-bond acceptors (Lipinski definition) is 3. The van der Waals surface area contributed by atoms with Crippen LogP contribution >= 0.6 is 0 Å². The molecular formula is C8H14N2O2S. The summed E-state index contributed by atoms with van der Waals surface area (Å²) in [5, 5.41) is 8.24. The maximum Gasteiger partial charge on any atom is 0.225 e. The van der Waals surface area contributed by atoms with Gasteiger partial charge in [-0.2, -0.15) is 5.26 Å². The third kappa shape index (κ3) is 2.98. The Bertz CT molecular complexity index is 319. The number of rotatable bonds is 3. The van der Waals surface area contributed by atoms with Crippen LogP contribution in [0.2, 0.25) is 0 Å². The third-order valence-corrected chi connectivity index (χ3v) is 3.40. The summed E-state index contributed by atoms with van der Waals surface area (Å²) in [6.07, 6.45) is 1.72. The molecule has 13 heavy (non-hydrogen) atoms. The highest BCUT2D eigenvalue weighted by Crippen LogP contribution is 2.39. The lowest BCUT2D eigenvalue weighted by atomic mass is 9.69. The van der Waals surface area contributed by atoms with Crippen molar-refractivity contribution in [1.82, 2.24) is 4.72 Å². The van der Waals surface area contributed by atoms with Gasteiger partial charge in [0.2, 0.25) is 10.0 Å². The van der Waals surface area contributed by atoms with E-state index >= 15 is 0 Å². The maximum atomic E-state index is 11.1. The monoisotopic (exact) mass is 202 g/mol. The Labute approximate surface area is 79.0 Å². The first-order chi connectivity index (χ1) is 5.85. The Morgan fingerprint density at radius 1 is 1.54 bits per heavy atom. The molecule has 0 heterocycles. The summed E-state index contributed by atoms with van der Waals surface area (Å²) in [7, 11) is -3.35. The van der Waals surface area contributed by atoms with E-state index in [0.717, 1.165) is 12.8 Å². The van der Waals surface area contributed by atoms with E-state index in [2.05, 4.69) is 18.6 Å². The zero-order valence-electron chi connectivity index (χ0n) is 7.87. The van der Waals surface area contributed by atoms with Crippen molar-refractivity contribution < 1.29 is 8.42 Å². The van der Waals surface area contributed by atoms with Gasteiger partial charge in [0.15, 0.2) is 5.75 Å². The molecule has 0 saturated heterocycles. The van der Waals surface area contributed by atoms with Gasteiger partial charge < -0.3 is 0 Å². The van der Waals surface area contributed by atoms with E-state index in [-0.39, 0.29) is 11.5 Å². The van der Waals surface area contributed by atoms with Gasteiger partial charge in [0.25, 0.3) is 0 Å². The molecule has 0 spiro atoms. The van der Waals surface area contributed by atoms with Crippen LogP contribution in [0.1, 0.15) is 26.7 Å². The highest BCUT2D eigenvalue weighted by atomic mass is 32.2. The first-order valence-corrected chi connectivity index (χ1v) is 5.87. The van der Waals surface area contributed by atoms with Crippen LogP contribution in [0.15, 0.2) is 0 Å². The number of nitriles is 1. The van der Waals surface area contributed by atoms with Crippen molar-refractivity contribution in [2.75, 3.05) is 5.75 Å². The molecule has 4 nitrogen and oxygen atoms in total. The Morgan fingerprint density at radius 3 is 2.46 bits per heavy atom. The van der Waals surface area contributed by atoms with E-state index < -0.39 is 15.8 Å². The summed E-state index contributed by atoms with van der Waals surface area (Å²) >= 11 is 0. The van der Waals surface area contributed by atoms with E-state index in [1.807, 2.05) is 0 Å². The average Bonchev–Trinajstić information content (AvgIpc) is 1.80. The third-order valence-electron chi connectivity index (χ3n) is 2.20. The highest BCUT2D eigenvalue weighted by molar-refractivity contribution is 7.89. The quantitative estimate of drug-likeness (QED) is 0.729. The van der Waals surface area contributed by atoms with Gasteiger partial charge >= 0.3 is 0 Å². The summed E-state index contributed by atoms with van der Waals surface area (Å²) < 4.78 is 24.7. The largest absolute Gasteiger partial charge is 0.225 e. The van der Waals surface area contributed by atoms with Crippen molar-refractivity contribution >= 4 is 10.0 Å². The van der Waals surface area contributed by atoms with Crippen molar-refractivity contribution in [3.05, 3.63) is 0 Å². The minimum Gasteiger partial charge on any atom is -0.211 e. The predicted molar refractivity (Wildman–Crippen MR) is 49.3 cm³/mol. The van der Waals surface area contributed by atoms with Crippen LogP contribution in [0, 0.1) is 16.7 Å². The second-order valence-corrected chi connectivity index (χ2v) is 6.06. The number of nitrogens with one attached hydrogen (secondary N) is 1. The normalized spacial score (nSPS) is 21.9. The zero-order chi connectivity index (χ0) is 10.1. The molecular weight excluding hydrogens is 188 g/mol. The van der Waals surface area contributed by atoms with E-state index in [9.17, 15) is 8.42 Å². The SMILES string of the molecule is CC1(C)CC(NS(=O)(=O)CC#N)C1. The van der Waals surface area contributed by atoms with Crippen molar-refractivity contribution in [3.63, 3.8) is 0 Å². The Morgan fingerprint density at radius 2 is 2.08 bits per heavy atom. The Kier molecular flexibility index (Phi) is 2.64. The van der Waals surface area contributed by atoms with Crippen LogP contribution in [-0.4, -0.2) is 20.2 Å². The summed E-state index contributed by atoms with van der Waals surface area (Å²) in [6, 6.07) is 1.67. The van der Waals surface area contributed by atoms with Crippen LogP contribution in [0.4, 0.5) is 0 Å². The molecule has 74 valence electrons. The molecule has 1 saturated carbocycles. The Hall–Kier alpha value is -0.600. The minimum absolute atomic E-state index is 0.0355. The molecule has 0 radical (unpaired) electrons.